The molecule has 4 rings (SSSR count). The second kappa shape index (κ2) is 10.7. The van der Waals surface area contributed by atoms with Gasteiger partial charge in [-0.2, -0.15) is 11.8 Å². The number of phenols is 1. The molecule has 0 aromatic heterocycles. The van der Waals surface area contributed by atoms with Gasteiger partial charge in [-0.1, -0.05) is 33.3 Å². The Morgan fingerprint density at radius 2 is 1.78 bits per heavy atom. The van der Waals surface area contributed by atoms with Crippen molar-refractivity contribution >= 4 is 40.3 Å². The number of aromatic carboxylic acids is 1. The average Bonchev–Trinajstić information content (AvgIpc) is 2.82. The van der Waals surface area contributed by atoms with Gasteiger partial charge >= 0.3 is 5.97 Å². The molecule has 1 amide bonds. The number of carbonyl (C=O) groups excluding carboxylic acids is 1. The topological polar surface area (TPSA) is 117 Å². The maximum atomic E-state index is 12.6. The molecule has 7 nitrogen and oxygen atoms in total. The molecule has 1 aliphatic heterocycles. The van der Waals surface area contributed by atoms with Crippen LogP contribution in [-0.2, 0) is 4.79 Å². The Morgan fingerprint density at radius 1 is 1.03 bits per heavy atom. The van der Waals surface area contributed by atoms with E-state index in [9.17, 15) is 24.6 Å². The molecule has 0 spiro atoms. The van der Waals surface area contributed by atoms with Gasteiger partial charge in [0.15, 0.2) is 5.43 Å². The molecule has 1 heterocycles. The van der Waals surface area contributed by atoms with Gasteiger partial charge in [0, 0.05) is 51.3 Å². The van der Waals surface area contributed by atoms with Crippen molar-refractivity contribution in [2.75, 3.05) is 11.1 Å². The highest BCUT2D eigenvalue weighted by molar-refractivity contribution is 8.00. The number of phenolic OH excluding ortho intramolecular Hbond substituents is 1. The molecule has 2 aromatic carbocycles. The normalized spacial score (nSPS) is 11.6. The third-order valence-electron chi connectivity index (χ3n) is 6.15. The molecule has 2 aliphatic rings. The van der Waals surface area contributed by atoms with Crippen LogP contribution in [0.15, 0.2) is 63.8 Å². The van der Waals surface area contributed by atoms with Crippen LogP contribution < -0.4 is 10.7 Å². The first-order valence-electron chi connectivity index (χ1n) is 12.1. The molecule has 0 bridgehead atoms. The number of nitrogens with one attached hydrogen (secondary N) is 1. The summed E-state index contributed by atoms with van der Waals surface area (Å²) in [6.45, 7) is 6.47. The van der Waals surface area contributed by atoms with Crippen LogP contribution in [0.25, 0.3) is 33.4 Å². The van der Waals surface area contributed by atoms with Crippen molar-refractivity contribution in [3.05, 3.63) is 70.4 Å². The maximum Gasteiger partial charge on any atom is 0.336 e. The molecule has 0 saturated heterocycles. The molecule has 37 heavy (non-hydrogen) atoms. The smallest absolute Gasteiger partial charge is 0.336 e. The number of hydrogen-bond acceptors (Lipinski definition) is 6. The van der Waals surface area contributed by atoms with Crippen molar-refractivity contribution < 1.29 is 24.2 Å². The molecule has 0 radical (unpaired) electrons. The fraction of sp³-hybridized carbons (Fsp3) is 0.276. The summed E-state index contributed by atoms with van der Waals surface area (Å²) in [7, 11) is 0. The number of aromatic hydroxyl groups is 1. The summed E-state index contributed by atoms with van der Waals surface area (Å²) < 4.78 is 5.96. The van der Waals surface area contributed by atoms with Crippen LogP contribution in [0.1, 0.15) is 50.4 Å². The predicted molar refractivity (Wildman–Crippen MR) is 148 cm³/mol. The van der Waals surface area contributed by atoms with Crippen molar-refractivity contribution in [3.63, 3.8) is 0 Å². The summed E-state index contributed by atoms with van der Waals surface area (Å²) in [5.74, 6) is -0.422. The highest BCUT2D eigenvalue weighted by Crippen LogP contribution is 2.42. The van der Waals surface area contributed by atoms with Gasteiger partial charge in [0.2, 0.25) is 5.91 Å². The zero-order valence-electron chi connectivity index (χ0n) is 21.0. The van der Waals surface area contributed by atoms with E-state index in [2.05, 4.69) is 26.1 Å². The molecule has 0 atom stereocenters. The second-order valence-corrected chi connectivity index (χ2v) is 11.3. The molecule has 192 valence electrons. The number of amides is 1. The largest absolute Gasteiger partial charge is 0.508 e. The van der Waals surface area contributed by atoms with E-state index >= 15 is 0 Å². The molecule has 0 fully saturated rings. The summed E-state index contributed by atoms with van der Waals surface area (Å²) in [5.41, 5.74) is 1.95. The predicted octanol–water partition coefficient (Wildman–Crippen LogP) is 6.61. The summed E-state index contributed by atoms with van der Waals surface area (Å²) >= 11 is 1.75. The van der Waals surface area contributed by atoms with Gasteiger partial charge in [-0.05, 0) is 48.4 Å². The number of fused-ring (bicyclic) bond motifs is 2. The van der Waals surface area contributed by atoms with E-state index < -0.39 is 5.97 Å². The van der Waals surface area contributed by atoms with Crippen molar-refractivity contribution in [2.45, 2.75) is 44.8 Å². The van der Waals surface area contributed by atoms with Gasteiger partial charge in [-0.25, -0.2) is 4.79 Å². The van der Waals surface area contributed by atoms with Crippen LogP contribution in [0, 0.1) is 0 Å². The summed E-state index contributed by atoms with van der Waals surface area (Å²) in [6.07, 6.45) is 2.46. The first kappa shape index (κ1) is 26.3. The average molecular weight is 520 g/mol. The van der Waals surface area contributed by atoms with Crippen LogP contribution in [-0.4, -0.2) is 32.6 Å². The maximum absolute atomic E-state index is 12.6. The van der Waals surface area contributed by atoms with E-state index in [0.29, 0.717) is 45.5 Å². The highest BCUT2D eigenvalue weighted by atomic mass is 32.2. The van der Waals surface area contributed by atoms with Gasteiger partial charge in [0.1, 0.15) is 17.1 Å². The highest BCUT2D eigenvalue weighted by Gasteiger charge is 2.23. The van der Waals surface area contributed by atoms with E-state index in [4.69, 9.17) is 4.42 Å². The Bertz CT molecular complexity index is 1510. The number of carboxylic acid groups (broad SMARTS) is 1. The summed E-state index contributed by atoms with van der Waals surface area (Å²) in [6, 6.07) is 13.6. The standard InChI is InChI=1S/C29H29NO6S/c1-4-12-29(2,3)37-13-11-26(33)30-17-5-8-20(23(14-17)28(34)35)27-21-9-6-18(31)15-24(21)36-25-16-19(32)7-10-22(25)27/h5-10,14-16,31H,4,11-13H2,1-3H3,(H,30,33)(H,34,35). The first-order valence-corrected chi connectivity index (χ1v) is 13.1. The summed E-state index contributed by atoms with van der Waals surface area (Å²) in [5, 5.41) is 23.4. The number of carbonyl (C=O) groups is 2. The van der Waals surface area contributed by atoms with Gasteiger partial charge in [-0.15, -0.1) is 0 Å². The van der Waals surface area contributed by atoms with Crippen LogP contribution in [0.5, 0.6) is 5.75 Å². The Kier molecular flexibility index (Phi) is 7.59. The number of anilines is 1. The SMILES string of the molecule is CCCC(C)(C)SCCC(=O)Nc1ccc(-c2c3ccc(=O)cc-3oc3cc(O)ccc23)c(C(=O)O)c1. The van der Waals surface area contributed by atoms with Crippen molar-refractivity contribution in [1.82, 2.24) is 0 Å². The van der Waals surface area contributed by atoms with E-state index in [-0.39, 0.29) is 33.2 Å². The van der Waals surface area contributed by atoms with Crippen LogP contribution in [0.2, 0.25) is 0 Å². The lowest BCUT2D eigenvalue weighted by atomic mass is 9.90. The van der Waals surface area contributed by atoms with Crippen molar-refractivity contribution in [3.8, 4) is 28.2 Å². The first-order chi connectivity index (χ1) is 17.6. The van der Waals surface area contributed by atoms with Gasteiger partial charge < -0.3 is 19.9 Å². The van der Waals surface area contributed by atoms with E-state index in [1.165, 1.54) is 30.3 Å². The number of thioether (sulfide) groups is 1. The molecule has 8 heteroatoms. The quantitative estimate of drug-likeness (QED) is 0.213. The van der Waals surface area contributed by atoms with E-state index in [1.54, 1.807) is 36.0 Å². The molecule has 0 saturated carbocycles. The minimum absolute atomic E-state index is 0.00988. The Morgan fingerprint density at radius 3 is 2.51 bits per heavy atom. The lowest BCUT2D eigenvalue weighted by Gasteiger charge is -2.23. The second-order valence-electron chi connectivity index (χ2n) is 9.54. The zero-order valence-corrected chi connectivity index (χ0v) is 21.8. The van der Waals surface area contributed by atoms with Gasteiger partial charge in [0.25, 0.3) is 0 Å². The van der Waals surface area contributed by atoms with Crippen molar-refractivity contribution in [1.29, 1.82) is 0 Å². The summed E-state index contributed by atoms with van der Waals surface area (Å²) in [4.78, 5) is 36.9. The Balaban J connectivity index is 1.70. The third-order valence-corrected chi connectivity index (χ3v) is 7.55. The van der Waals surface area contributed by atoms with E-state index in [0.717, 1.165) is 12.8 Å². The number of benzene rings is 3. The lowest BCUT2D eigenvalue weighted by molar-refractivity contribution is -0.115. The number of rotatable bonds is 9. The van der Waals surface area contributed by atoms with Crippen molar-refractivity contribution in [2.24, 2.45) is 0 Å². The molecule has 2 aromatic rings. The fourth-order valence-electron chi connectivity index (χ4n) is 4.48. The molecular formula is C29H29NO6S. The fourth-order valence-corrected chi connectivity index (χ4v) is 5.67. The molecule has 0 unspecified atom stereocenters. The van der Waals surface area contributed by atoms with Crippen LogP contribution in [0.3, 0.4) is 0 Å². The van der Waals surface area contributed by atoms with Gasteiger partial charge in [0.05, 0.1) is 5.56 Å². The van der Waals surface area contributed by atoms with Crippen LogP contribution in [0.4, 0.5) is 5.69 Å². The van der Waals surface area contributed by atoms with E-state index in [1.807, 2.05) is 0 Å². The number of hydrogen-bond donors (Lipinski definition) is 3. The monoisotopic (exact) mass is 519 g/mol. The lowest BCUT2D eigenvalue weighted by Crippen LogP contribution is -2.18. The van der Waals surface area contributed by atoms with Gasteiger partial charge in [-0.3, -0.25) is 9.59 Å². The molecular weight excluding hydrogens is 490 g/mol. The number of carboxylic acids is 1. The third kappa shape index (κ3) is 5.97. The minimum atomic E-state index is -1.16. The Hall–Kier alpha value is -3.78. The zero-order chi connectivity index (χ0) is 26.7. The molecule has 3 N–H and O–H groups in total. The molecule has 1 aliphatic carbocycles. The Labute approximate surface area is 218 Å². The minimum Gasteiger partial charge on any atom is -0.508 e. The van der Waals surface area contributed by atoms with Crippen LogP contribution >= 0.6 is 11.8 Å².